The minimum absolute atomic E-state index is 0.0705. The fraction of sp³-hybridized carbons (Fsp3) is 0.500. The van der Waals surface area contributed by atoms with Crippen LogP contribution in [0.3, 0.4) is 0 Å². The van der Waals surface area contributed by atoms with Crippen molar-refractivity contribution in [1.29, 1.82) is 0 Å². The number of imide groups is 1. The summed E-state index contributed by atoms with van der Waals surface area (Å²) in [6.07, 6.45) is 5.55. The summed E-state index contributed by atoms with van der Waals surface area (Å²) >= 11 is 0. The molecule has 3 amide bonds. The van der Waals surface area contributed by atoms with E-state index in [-0.39, 0.29) is 59.3 Å². The van der Waals surface area contributed by atoms with Crippen LogP contribution < -0.4 is 0 Å². The molecule has 2 heterocycles. The van der Waals surface area contributed by atoms with Gasteiger partial charge in [0, 0.05) is 59.3 Å². The van der Waals surface area contributed by atoms with E-state index in [4.69, 9.17) is 10.2 Å². The largest absolute Gasteiger partial charge is 0.396 e. The molecule has 2 aliphatic heterocycles. The molecule has 0 atom stereocenters. The van der Waals surface area contributed by atoms with E-state index in [9.17, 15) is 24.6 Å². The van der Waals surface area contributed by atoms with E-state index in [0.29, 0.717) is 25.7 Å². The normalized spacial score (nSPS) is 16.5. The Hall–Kier alpha value is -2.85. The van der Waals surface area contributed by atoms with Crippen molar-refractivity contribution in [3.63, 3.8) is 0 Å². The average Bonchev–Trinajstić information content (AvgIpc) is 2.84. The minimum atomic E-state index is -2.58. The molecule has 0 fully saturated rings. The Kier molecular flexibility index (Phi) is 7.51. The number of benzene rings is 2. The van der Waals surface area contributed by atoms with Crippen molar-refractivity contribution < 1.29 is 34.8 Å². The Morgan fingerprint density at radius 2 is 1.09 bits per heavy atom. The number of aliphatic hydroxyl groups excluding tert-OH is 2. The Morgan fingerprint density at radius 3 is 1.66 bits per heavy atom. The van der Waals surface area contributed by atoms with Gasteiger partial charge < -0.3 is 20.4 Å². The summed E-state index contributed by atoms with van der Waals surface area (Å²) in [7, 11) is 0. The van der Waals surface area contributed by atoms with Gasteiger partial charge in [-0.15, -0.1) is 0 Å². The third-order valence-electron chi connectivity index (χ3n) is 6.90. The molecule has 2 aromatic carbocycles. The fourth-order valence-corrected chi connectivity index (χ4v) is 5.06. The molecule has 9 heteroatoms. The van der Waals surface area contributed by atoms with Gasteiger partial charge in [0.15, 0.2) is 0 Å². The summed E-state index contributed by atoms with van der Waals surface area (Å²) in [6.45, 7) is 0.563. The molecule has 0 unspecified atom stereocenters. The van der Waals surface area contributed by atoms with E-state index < -0.39 is 23.6 Å². The van der Waals surface area contributed by atoms with Gasteiger partial charge in [-0.05, 0) is 43.9 Å². The number of hydrogen-bond acceptors (Lipinski definition) is 7. The second-order valence-corrected chi connectivity index (χ2v) is 9.20. The van der Waals surface area contributed by atoms with Crippen LogP contribution in [0.25, 0.3) is 10.8 Å². The van der Waals surface area contributed by atoms with Crippen LogP contribution in [0.5, 0.6) is 0 Å². The lowest BCUT2D eigenvalue weighted by Gasteiger charge is -2.41. The van der Waals surface area contributed by atoms with Gasteiger partial charge in [-0.25, -0.2) is 0 Å². The van der Waals surface area contributed by atoms with Gasteiger partial charge in [0.2, 0.25) is 0 Å². The molecule has 0 aliphatic carbocycles. The van der Waals surface area contributed by atoms with Crippen molar-refractivity contribution in [2.75, 3.05) is 26.3 Å². The molecule has 35 heavy (non-hydrogen) atoms. The highest BCUT2D eigenvalue weighted by Gasteiger charge is 2.46. The predicted octanol–water partition coefficient (Wildman–Crippen LogP) is 2.09. The molecular formula is C26H32N2O7. The molecule has 0 bridgehead atoms. The lowest BCUT2D eigenvalue weighted by Crippen LogP contribution is -2.53. The first kappa shape index (κ1) is 25.2. The zero-order valence-corrected chi connectivity index (χ0v) is 19.7. The maximum atomic E-state index is 13.3. The van der Waals surface area contributed by atoms with Gasteiger partial charge in [0.05, 0.1) is 0 Å². The summed E-state index contributed by atoms with van der Waals surface area (Å²) in [5, 5.41) is 40.4. The molecular weight excluding hydrogens is 452 g/mol. The topological polar surface area (TPSA) is 139 Å². The highest BCUT2D eigenvalue weighted by Crippen LogP contribution is 2.42. The fourth-order valence-electron chi connectivity index (χ4n) is 5.06. The van der Waals surface area contributed by atoms with Crippen LogP contribution in [0.2, 0.25) is 0 Å². The SMILES string of the molecule is O=C1c2ccc3c4c(ccc(c24)C(=O)N1CCCCCCO)C(O)(O)N(CCCCCCO)C3=O. The first-order valence-corrected chi connectivity index (χ1v) is 12.3. The van der Waals surface area contributed by atoms with Crippen LogP contribution in [0.15, 0.2) is 24.3 Å². The number of carbonyl (C=O) groups is 3. The molecule has 0 radical (unpaired) electrons. The number of nitrogens with zero attached hydrogens (tertiary/aromatic N) is 2. The summed E-state index contributed by atoms with van der Waals surface area (Å²) in [5.41, 5.74) is 0.821. The van der Waals surface area contributed by atoms with Crippen molar-refractivity contribution in [2.45, 2.75) is 57.3 Å². The van der Waals surface area contributed by atoms with E-state index in [1.807, 2.05) is 0 Å². The van der Waals surface area contributed by atoms with Gasteiger partial charge in [-0.1, -0.05) is 31.7 Å². The predicted molar refractivity (Wildman–Crippen MR) is 128 cm³/mol. The zero-order valence-electron chi connectivity index (χ0n) is 19.7. The van der Waals surface area contributed by atoms with Crippen molar-refractivity contribution in [2.24, 2.45) is 0 Å². The lowest BCUT2D eigenvalue weighted by atomic mass is 9.84. The lowest BCUT2D eigenvalue weighted by molar-refractivity contribution is -0.256. The maximum Gasteiger partial charge on any atom is 0.278 e. The van der Waals surface area contributed by atoms with Gasteiger partial charge in [0.25, 0.3) is 23.6 Å². The van der Waals surface area contributed by atoms with Crippen LogP contribution in [0.1, 0.15) is 88.0 Å². The molecule has 4 N–H and O–H groups in total. The number of aliphatic hydroxyl groups is 4. The van der Waals surface area contributed by atoms with E-state index in [2.05, 4.69) is 0 Å². The van der Waals surface area contributed by atoms with Gasteiger partial charge in [-0.2, -0.15) is 0 Å². The number of amides is 3. The van der Waals surface area contributed by atoms with Gasteiger partial charge in [0.1, 0.15) is 0 Å². The van der Waals surface area contributed by atoms with Crippen LogP contribution in [-0.2, 0) is 5.91 Å². The van der Waals surface area contributed by atoms with Crippen LogP contribution in [0.4, 0.5) is 0 Å². The quantitative estimate of drug-likeness (QED) is 0.206. The second-order valence-electron chi connectivity index (χ2n) is 9.20. The average molecular weight is 485 g/mol. The summed E-state index contributed by atoms with van der Waals surface area (Å²) in [5.74, 6) is -4.07. The highest BCUT2D eigenvalue weighted by molar-refractivity contribution is 6.28. The number of hydrogen-bond donors (Lipinski definition) is 4. The first-order chi connectivity index (χ1) is 16.8. The van der Waals surface area contributed by atoms with Gasteiger partial charge >= 0.3 is 0 Å². The first-order valence-electron chi connectivity index (χ1n) is 12.3. The molecule has 2 aliphatic rings. The van der Waals surface area contributed by atoms with Crippen LogP contribution in [-0.4, -0.2) is 74.3 Å². The Labute approximate surface area is 203 Å². The molecule has 4 rings (SSSR count). The maximum absolute atomic E-state index is 13.3. The van der Waals surface area contributed by atoms with E-state index in [1.165, 1.54) is 29.2 Å². The van der Waals surface area contributed by atoms with E-state index in [1.54, 1.807) is 0 Å². The second kappa shape index (κ2) is 10.4. The number of unbranched alkanes of at least 4 members (excludes halogenated alkanes) is 6. The van der Waals surface area contributed by atoms with Crippen molar-refractivity contribution in [1.82, 2.24) is 9.80 Å². The Morgan fingerprint density at radius 1 is 0.600 bits per heavy atom. The highest BCUT2D eigenvalue weighted by atomic mass is 16.5. The molecule has 0 aromatic heterocycles. The third kappa shape index (κ3) is 4.45. The summed E-state index contributed by atoms with van der Waals surface area (Å²) in [4.78, 5) is 42.0. The standard InChI is InChI=1S/C26H32N2O7/c29-15-7-3-1-5-13-27-23(31)17-9-10-19-22-20(12-11-18(21(17)22)24(27)32)26(34,35)28(25(19)33)14-6-2-4-8-16-30/h9-12,29-30,34-35H,1-8,13-16H2. The van der Waals surface area contributed by atoms with Crippen molar-refractivity contribution in [3.05, 3.63) is 46.5 Å². The van der Waals surface area contributed by atoms with Gasteiger partial charge in [-0.3, -0.25) is 24.2 Å². The molecule has 2 aromatic rings. The van der Waals surface area contributed by atoms with Crippen molar-refractivity contribution in [3.8, 4) is 0 Å². The number of carbonyl (C=O) groups excluding carboxylic acids is 3. The molecule has 0 saturated heterocycles. The van der Waals surface area contributed by atoms with E-state index in [0.717, 1.165) is 30.6 Å². The van der Waals surface area contributed by atoms with Crippen LogP contribution >= 0.6 is 0 Å². The molecule has 9 nitrogen and oxygen atoms in total. The number of rotatable bonds is 12. The Balaban J connectivity index is 1.66. The molecule has 0 saturated carbocycles. The van der Waals surface area contributed by atoms with Crippen molar-refractivity contribution >= 4 is 28.5 Å². The molecule has 0 spiro atoms. The van der Waals surface area contributed by atoms with E-state index >= 15 is 0 Å². The Bertz CT molecular complexity index is 1120. The smallest absolute Gasteiger partial charge is 0.278 e. The summed E-state index contributed by atoms with van der Waals surface area (Å²) in [6, 6.07) is 6.00. The molecule has 188 valence electrons. The monoisotopic (exact) mass is 484 g/mol. The third-order valence-corrected chi connectivity index (χ3v) is 6.90. The minimum Gasteiger partial charge on any atom is -0.396 e. The summed E-state index contributed by atoms with van der Waals surface area (Å²) < 4.78 is 0. The van der Waals surface area contributed by atoms with Crippen LogP contribution in [0, 0.1) is 0 Å². The zero-order chi connectivity index (χ0) is 25.2.